The van der Waals surface area contributed by atoms with E-state index in [0.29, 0.717) is 12.5 Å². The largest absolute Gasteiger partial charge is 0.503 e. The Balaban J connectivity index is 0.000000867. The molecule has 1 atom stereocenters. The molecule has 1 heterocycles. The highest BCUT2D eigenvalue weighted by Gasteiger charge is 2.31. The molecule has 2 fully saturated rings. The predicted molar refractivity (Wildman–Crippen MR) is 154 cm³/mol. The van der Waals surface area contributed by atoms with Gasteiger partial charge >= 0.3 is 6.16 Å². The molecule has 0 bridgehead atoms. The molecule has 8 nitrogen and oxygen atoms in total. The molecule has 2 saturated carbocycles. The summed E-state index contributed by atoms with van der Waals surface area (Å²) in [6, 6.07) is 21.5. The fourth-order valence-electron chi connectivity index (χ4n) is 5.54. The summed E-state index contributed by atoms with van der Waals surface area (Å²) in [4.78, 5) is 34.3. The van der Waals surface area contributed by atoms with E-state index in [-0.39, 0.29) is 17.4 Å². The van der Waals surface area contributed by atoms with Crippen LogP contribution in [0.15, 0.2) is 71.5 Å². The number of aromatic nitrogens is 2. The van der Waals surface area contributed by atoms with Crippen LogP contribution in [0.3, 0.4) is 0 Å². The van der Waals surface area contributed by atoms with Crippen LogP contribution in [0, 0.1) is 11.8 Å². The summed E-state index contributed by atoms with van der Waals surface area (Å²) in [6.07, 6.45) is 9.22. The van der Waals surface area contributed by atoms with E-state index in [9.17, 15) is 9.59 Å². The van der Waals surface area contributed by atoms with E-state index < -0.39 is 6.16 Å². The van der Waals surface area contributed by atoms with Gasteiger partial charge in [-0.1, -0.05) is 93.1 Å². The minimum atomic E-state index is -1.83. The van der Waals surface area contributed by atoms with Gasteiger partial charge in [0.1, 0.15) is 0 Å². The Hall–Kier alpha value is -3.94. The zero-order valence-corrected chi connectivity index (χ0v) is 22.9. The van der Waals surface area contributed by atoms with E-state index >= 15 is 0 Å². The van der Waals surface area contributed by atoms with Crippen molar-refractivity contribution in [1.29, 1.82) is 0 Å². The number of carboxylic acid groups (broad SMARTS) is 2. The minimum absolute atomic E-state index is 0.0905. The van der Waals surface area contributed by atoms with Crippen molar-refractivity contribution in [2.75, 3.05) is 6.54 Å². The van der Waals surface area contributed by atoms with Gasteiger partial charge in [0.25, 0.3) is 5.56 Å². The Labute approximate surface area is 235 Å². The average molecular weight is 546 g/mol. The zero-order valence-electron chi connectivity index (χ0n) is 22.9. The first-order valence-corrected chi connectivity index (χ1v) is 14.3. The van der Waals surface area contributed by atoms with Gasteiger partial charge in [0.15, 0.2) is 0 Å². The summed E-state index contributed by atoms with van der Waals surface area (Å²) in [6.45, 7) is 1.18. The highest BCUT2D eigenvalue weighted by molar-refractivity contribution is 5.84. The van der Waals surface area contributed by atoms with Crippen molar-refractivity contribution in [1.82, 2.24) is 15.1 Å². The zero-order chi connectivity index (χ0) is 28.3. The first kappa shape index (κ1) is 29.1. The monoisotopic (exact) mass is 545 g/mol. The number of rotatable bonds is 11. The topological polar surface area (TPSA) is 122 Å². The Bertz CT molecular complexity index is 1290. The highest BCUT2D eigenvalue weighted by atomic mass is 16.6. The van der Waals surface area contributed by atoms with Gasteiger partial charge in [-0.3, -0.25) is 9.59 Å². The molecule has 2 aromatic carbocycles. The van der Waals surface area contributed by atoms with E-state index in [2.05, 4.69) is 22.5 Å². The Morgan fingerprint density at radius 3 is 2.23 bits per heavy atom. The molecule has 1 aromatic heterocycles. The number of benzene rings is 2. The standard InChI is InChI=1S/C31H37N3O2.CH2O3/c35-29-20-19-28(25-9-2-1-3-10-25)33-34(29)22-24-15-17-27(18-16-24)30(26-11-4-5-12-26)31(36)32-21-7-6-8-23-13-14-23;2-1(3)4/h1-3,9-10,15-20,23,26,30H,4-8,11-14,21-22H2,(H,32,36);(H2,2,3,4). The number of unbranched alkanes of at least 4 members (excludes halogenated alkanes) is 1. The lowest BCUT2D eigenvalue weighted by molar-refractivity contribution is -0.123. The molecule has 2 aliphatic rings. The third-order valence-corrected chi connectivity index (χ3v) is 7.80. The van der Waals surface area contributed by atoms with Crippen molar-refractivity contribution in [3.05, 3.63) is 88.2 Å². The molecule has 0 radical (unpaired) electrons. The SMILES string of the molecule is O=C(NCCCCC1CC1)C(c1ccc(Cn2nc(-c3ccccc3)ccc2=O)cc1)C1CCCC1.O=C(O)O. The summed E-state index contributed by atoms with van der Waals surface area (Å²) in [5.74, 6) is 1.45. The quantitative estimate of drug-likeness (QED) is 0.248. The van der Waals surface area contributed by atoms with Gasteiger partial charge in [-0.05, 0) is 48.3 Å². The average Bonchev–Trinajstić information content (AvgIpc) is 3.62. The van der Waals surface area contributed by atoms with E-state index in [1.165, 1.54) is 43.2 Å². The lowest BCUT2D eigenvalue weighted by Gasteiger charge is -2.23. The van der Waals surface area contributed by atoms with Crippen LogP contribution in [0.4, 0.5) is 4.79 Å². The van der Waals surface area contributed by atoms with Crippen molar-refractivity contribution in [3.63, 3.8) is 0 Å². The number of carbonyl (C=O) groups excluding carboxylic acids is 1. The number of hydrogen-bond donors (Lipinski definition) is 3. The maximum Gasteiger partial charge on any atom is 0.503 e. The second-order valence-electron chi connectivity index (χ2n) is 10.9. The van der Waals surface area contributed by atoms with Gasteiger partial charge in [-0.15, -0.1) is 0 Å². The van der Waals surface area contributed by atoms with Crippen LogP contribution in [0.2, 0.25) is 0 Å². The lowest BCUT2D eigenvalue weighted by Crippen LogP contribution is -2.33. The minimum Gasteiger partial charge on any atom is -0.450 e. The lowest BCUT2D eigenvalue weighted by atomic mass is 9.83. The molecule has 0 saturated heterocycles. The molecular formula is C32H39N3O5. The van der Waals surface area contributed by atoms with Gasteiger partial charge in [0.05, 0.1) is 18.2 Å². The predicted octanol–water partition coefficient (Wildman–Crippen LogP) is 6.15. The van der Waals surface area contributed by atoms with E-state index in [1.807, 2.05) is 42.5 Å². The first-order valence-electron chi connectivity index (χ1n) is 14.3. The highest BCUT2D eigenvalue weighted by Crippen LogP contribution is 2.38. The molecule has 0 spiro atoms. The van der Waals surface area contributed by atoms with Crippen molar-refractivity contribution in [3.8, 4) is 11.3 Å². The molecule has 5 rings (SSSR count). The number of nitrogens with one attached hydrogen (secondary N) is 1. The fourth-order valence-corrected chi connectivity index (χ4v) is 5.54. The Morgan fingerprint density at radius 2 is 1.57 bits per heavy atom. The van der Waals surface area contributed by atoms with Crippen LogP contribution < -0.4 is 10.9 Å². The molecule has 8 heteroatoms. The van der Waals surface area contributed by atoms with Crippen molar-refractivity contribution >= 4 is 12.1 Å². The van der Waals surface area contributed by atoms with Crippen molar-refractivity contribution < 1.29 is 19.8 Å². The third-order valence-electron chi connectivity index (χ3n) is 7.80. The first-order chi connectivity index (χ1) is 19.4. The molecule has 40 heavy (non-hydrogen) atoms. The Morgan fingerprint density at radius 1 is 0.900 bits per heavy atom. The molecule has 1 amide bonds. The van der Waals surface area contributed by atoms with Crippen LogP contribution in [0.5, 0.6) is 0 Å². The summed E-state index contributed by atoms with van der Waals surface area (Å²) < 4.78 is 1.51. The summed E-state index contributed by atoms with van der Waals surface area (Å²) in [5.41, 5.74) is 3.73. The maximum absolute atomic E-state index is 13.3. The van der Waals surface area contributed by atoms with Crippen LogP contribution >= 0.6 is 0 Å². The molecule has 2 aliphatic carbocycles. The molecule has 1 unspecified atom stereocenters. The number of nitrogens with zero attached hydrogens (tertiary/aromatic N) is 2. The third kappa shape index (κ3) is 8.79. The number of hydrogen-bond acceptors (Lipinski definition) is 4. The molecule has 3 aromatic rings. The van der Waals surface area contributed by atoms with Gasteiger partial charge in [-0.2, -0.15) is 5.10 Å². The van der Waals surface area contributed by atoms with Gasteiger partial charge in [0.2, 0.25) is 5.91 Å². The summed E-state index contributed by atoms with van der Waals surface area (Å²) in [7, 11) is 0. The van der Waals surface area contributed by atoms with Crippen molar-refractivity contribution in [2.45, 2.75) is 70.3 Å². The van der Waals surface area contributed by atoms with Crippen LogP contribution in [-0.4, -0.2) is 38.6 Å². The molecule has 3 N–H and O–H groups in total. The summed E-state index contributed by atoms with van der Waals surface area (Å²) in [5, 5.41) is 21.8. The van der Waals surface area contributed by atoms with E-state index in [4.69, 9.17) is 15.0 Å². The van der Waals surface area contributed by atoms with Gasteiger partial charge in [-0.25, -0.2) is 9.48 Å². The van der Waals surface area contributed by atoms with Crippen LogP contribution in [0.1, 0.15) is 74.8 Å². The van der Waals surface area contributed by atoms with Gasteiger partial charge in [0, 0.05) is 18.2 Å². The second-order valence-corrected chi connectivity index (χ2v) is 10.9. The van der Waals surface area contributed by atoms with E-state index in [1.54, 1.807) is 12.1 Å². The van der Waals surface area contributed by atoms with E-state index in [0.717, 1.165) is 54.1 Å². The second kappa shape index (κ2) is 14.4. The molecule has 0 aliphatic heterocycles. The fraction of sp³-hybridized carbons (Fsp3) is 0.438. The molecule has 212 valence electrons. The number of carbonyl (C=O) groups is 2. The van der Waals surface area contributed by atoms with Crippen LogP contribution in [-0.2, 0) is 11.3 Å². The number of amides is 1. The Kier molecular flexibility index (Phi) is 10.5. The summed E-state index contributed by atoms with van der Waals surface area (Å²) >= 11 is 0. The van der Waals surface area contributed by atoms with Crippen molar-refractivity contribution in [2.24, 2.45) is 11.8 Å². The normalized spacial score (nSPS) is 15.6. The smallest absolute Gasteiger partial charge is 0.450 e. The van der Waals surface area contributed by atoms with Gasteiger partial charge < -0.3 is 15.5 Å². The molecular weight excluding hydrogens is 506 g/mol. The van der Waals surface area contributed by atoms with Crippen LogP contribution in [0.25, 0.3) is 11.3 Å². The maximum atomic E-state index is 13.3.